The highest BCUT2D eigenvalue weighted by molar-refractivity contribution is 7.91. The minimum absolute atomic E-state index is 0.123. The predicted octanol–water partition coefficient (Wildman–Crippen LogP) is 1.70. The van der Waals surface area contributed by atoms with E-state index >= 15 is 0 Å². The molecule has 1 atom stereocenters. The Hall–Kier alpha value is -0.810. The van der Waals surface area contributed by atoms with Gasteiger partial charge in [-0.2, -0.15) is 0 Å². The molecule has 1 aromatic heterocycles. The third-order valence-electron chi connectivity index (χ3n) is 2.70. The Morgan fingerprint density at radius 2 is 2.19 bits per heavy atom. The number of sulfone groups is 1. The summed E-state index contributed by atoms with van der Waals surface area (Å²) in [4.78, 5) is 0. The van der Waals surface area contributed by atoms with Crippen molar-refractivity contribution in [2.24, 2.45) is 0 Å². The lowest BCUT2D eigenvalue weighted by Gasteiger charge is -2.21. The van der Waals surface area contributed by atoms with E-state index in [-0.39, 0.29) is 11.5 Å². The summed E-state index contributed by atoms with van der Waals surface area (Å²) in [6.07, 6.45) is 3.83. The smallest absolute Gasteiger partial charge is 0.150 e. The lowest BCUT2D eigenvalue weighted by Crippen LogP contribution is -2.22. The number of aliphatic hydroxyl groups is 1. The van der Waals surface area contributed by atoms with Gasteiger partial charge in [-0.1, -0.05) is 6.92 Å². The summed E-state index contributed by atoms with van der Waals surface area (Å²) < 4.78 is 27.4. The first-order chi connectivity index (χ1) is 7.37. The number of furan rings is 1. The molecule has 5 heteroatoms. The quantitative estimate of drug-likeness (QED) is 0.829. The van der Waals surface area contributed by atoms with Crippen molar-refractivity contribution < 1.29 is 17.9 Å². The van der Waals surface area contributed by atoms with Crippen LogP contribution < -0.4 is 0 Å². The van der Waals surface area contributed by atoms with Crippen LogP contribution in [0.1, 0.15) is 32.3 Å². The molecule has 0 saturated carbocycles. The van der Waals surface area contributed by atoms with Crippen LogP contribution in [-0.2, 0) is 15.4 Å². The van der Waals surface area contributed by atoms with Crippen LogP contribution in [0.25, 0.3) is 0 Å². The maximum Gasteiger partial charge on any atom is 0.150 e. The first-order valence-electron chi connectivity index (χ1n) is 5.33. The lowest BCUT2D eigenvalue weighted by atomic mass is 9.94. The third kappa shape index (κ3) is 3.64. The van der Waals surface area contributed by atoms with Crippen LogP contribution in [0.15, 0.2) is 23.0 Å². The molecule has 0 aliphatic heterocycles. The highest BCUT2D eigenvalue weighted by Gasteiger charge is 2.24. The normalized spacial score (nSPS) is 15.9. The molecule has 4 nitrogen and oxygen atoms in total. The molecular formula is C11H18O4S. The van der Waals surface area contributed by atoms with Crippen molar-refractivity contribution >= 4 is 9.84 Å². The van der Waals surface area contributed by atoms with Crippen LogP contribution in [0.2, 0.25) is 0 Å². The van der Waals surface area contributed by atoms with Gasteiger partial charge in [0.15, 0.2) is 0 Å². The minimum Gasteiger partial charge on any atom is -0.472 e. The Balaban J connectivity index is 2.50. The van der Waals surface area contributed by atoms with Gasteiger partial charge in [0.2, 0.25) is 0 Å². The number of hydrogen-bond donors (Lipinski definition) is 1. The molecule has 0 aromatic carbocycles. The molecule has 16 heavy (non-hydrogen) atoms. The summed E-state index contributed by atoms with van der Waals surface area (Å²) in [6, 6.07) is 1.69. The summed E-state index contributed by atoms with van der Waals surface area (Å²) >= 11 is 0. The van der Waals surface area contributed by atoms with E-state index < -0.39 is 15.4 Å². The minimum atomic E-state index is -2.95. The lowest BCUT2D eigenvalue weighted by molar-refractivity contribution is 0.0466. The van der Waals surface area contributed by atoms with Gasteiger partial charge in [-0.25, -0.2) is 8.42 Å². The Bertz CT molecular complexity index is 403. The first-order valence-corrected chi connectivity index (χ1v) is 7.15. The molecule has 0 saturated heterocycles. The van der Waals surface area contributed by atoms with Crippen LogP contribution >= 0.6 is 0 Å². The van der Waals surface area contributed by atoms with E-state index in [0.717, 1.165) is 0 Å². The fraction of sp³-hybridized carbons (Fsp3) is 0.636. The maximum atomic E-state index is 11.3. The molecule has 0 amide bonds. The van der Waals surface area contributed by atoms with Gasteiger partial charge < -0.3 is 9.52 Å². The SMILES string of the molecule is CCS(=O)(=O)CCCC(C)(O)c1ccoc1. The molecule has 1 heterocycles. The average molecular weight is 246 g/mol. The van der Waals surface area contributed by atoms with E-state index in [9.17, 15) is 13.5 Å². The van der Waals surface area contributed by atoms with Crippen molar-refractivity contribution in [1.82, 2.24) is 0 Å². The summed E-state index contributed by atoms with van der Waals surface area (Å²) in [5.41, 5.74) is -0.336. The molecular weight excluding hydrogens is 228 g/mol. The molecule has 0 fully saturated rings. The van der Waals surface area contributed by atoms with Gasteiger partial charge in [0.05, 0.1) is 23.9 Å². The second-order valence-electron chi connectivity index (χ2n) is 4.13. The Kier molecular flexibility index (Phi) is 4.15. The van der Waals surface area contributed by atoms with Crippen LogP contribution in [0.5, 0.6) is 0 Å². The molecule has 1 unspecified atom stereocenters. The largest absolute Gasteiger partial charge is 0.472 e. The topological polar surface area (TPSA) is 67.5 Å². The van der Waals surface area contributed by atoms with Crippen molar-refractivity contribution in [3.8, 4) is 0 Å². The van der Waals surface area contributed by atoms with Crippen molar-refractivity contribution in [3.63, 3.8) is 0 Å². The van der Waals surface area contributed by atoms with Crippen molar-refractivity contribution in [1.29, 1.82) is 0 Å². The predicted molar refractivity (Wildman–Crippen MR) is 61.8 cm³/mol. The zero-order valence-electron chi connectivity index (χ0n) is 9.64. The van der Waals surface area contributed by atoms with Crippen LogP contribution in [0.3, 0.4) is 0 Å². The maximum absolute atomic E-state index is 11.3. The van der Waals surface area contributed by atoms with Crippen molar-refractivity contribution in [2.75, 3.05) is 11.5 Å². The fourth-order valence-electron chi connectivity index (χ4n) is 1.50. The summed E-state index contributed by atoms with van der Waals surface area (Å²) in [7, 11) is -2.95. The second kappa shape index (κ2) is 5.01. The summed E-state index contributed by atoms with van der Waals surface area (Å²) in [5, 5.41) is 10.1. The fourth-order valence-corrected chi connectivity index (χ4v) is 2.37. The highest BCUT2D eigenvalue weighted by atomic mass is 32.2. The molecule has 0 radical (unpaired) electrons. The Labute approximate surface area is 96.2 Å². The third-order valence-corrected chi connectivity index (χ3v) is 4.49. The van der Waals surface area contributed by atoms with Gasteiger partial charge >= 0.3 is 0 Å². The second-order valence-corrected chi connectivity index (χ2v) is 6.60. The van der Waals surface area contributed by atoms with Gasteiger partial charge in [-0.15, -0.1) is 0 Å². The summed E-state index contributed by atoms with van der Waals surface area (Å²) in [5.74, 6) is 0.276. The monoisotopic (exact) mass is 246 g/mol. The van der Waals surface area contributed by atoms with E-state index in [1.54, 1.807) is 19.9 Å². The van der Waals surface area contributed by atoms with Gasteiger partial charge in [0.1, 0.15) is 9.84 Å². The van der Waals surface area contributed by atoms with Gasteiger partial charge in [0, 0.05) is 11.3 Å². The molecule has 1 rings (SSSR count). The van der Waals surface area contributed by atoms with Crippen LogP contribution in [0.4, 0.5) is 0 Å². The van der Waals surface area contributed by atoms with E-state index in [1.807, 2.05) is 0 Å². The highest BCUT2D eigenvalue weighted by Crippen LogP contribution is 2.26. The summed E-state index contributed by atoms with van der Waals surface area (Å²) in [6.45, 7) is 3.29. The molecule has 1 aromatic rings. The zero-order valence-corrected chi connectivity index (χ0v) is 10.5. The molecule has 0 aliphatic rings. The van der Waals surface area contributed by atoms with Crippen molar-refractivity contribution in [3.05, 3.63) is 24.2 Å². The van der Waals surface area contributed by atoms with Crippen LogP contribution in [-0.4, -0.2) is 25.0 Å². The van der Waals surface area contributed by atoms with Crippen molar-refractivity contribution in [2.45, 2.75) is 32.3 Å². The number of hydrogen-bond acceptors (Lipinski definition) is 4. The van der Waals surface area contributed by atoms with Gasteiger partial charge in [0.25, 0.3) is 0 Å². The average Bonchev–Trinajstić information content (AvgIpc) is 2.70. The van der Waals surface area contributed by atoms with Crippen LogP contribution in [0, 0.1) is 0 Å². The Morgan fingerprint density at radius 3 is 2.69 bits per heavy atom. The van der Waals surface area contributed by atoms with E-state index in [4.69, 9.17) is 4.42 Å². The zero-order chi connectivity index (χ0) is 12.2. The molecule has 1 N–H and O–H groups in total. The van der Waals surface area contributed by atoms with E-state index in [1.165, 1.54) is 12.5 Å². The molecule has 0 bridgehead atoms. The Morgan fingerprint density at radius 1 is 1.50 bits per heavy atom. The standard InChI is InChI=1S/C11H18O4S/c1-3-16(13,14)8-4-6-11(2,12)10-5-7-15-9-10/h5,7,9,12H,3-4,6,8H2,1-2H3. The van der Waals surface area contributed by atoms with Gasteiger partial charge in [-0.3, -0.25) is 0 Å². The van der Waals surface area contributed by atoms with E-state index in [0.29, 0.717) is 18.4 Å². The number of rotatable bonds is 6. The van der Waals surface area contributed by atoms with Gasteiger partial charge in [-0.05, 0) is 25.8 Å². The molecule has 0 aliphatic carbocycles. The molecule has 0 spiro atoms. The first kappa shape index (κ1) is 13.3. The van der Waals surface area contributed by atoms with E-state index in [2.05, 4.69) is 0 Å². The molecule has 92 valence electrons.